The number of carboxylic acid groups (broad SMARTS) is 2. The highest BCUT2D eigenvalue weighted by Crippen LogP contribution is 2.19. The van der Waals surface area contributed by atoms with Gasteiger partial charge in [0, 0.05) is 29.9 Å². The Labute approximate surface area is 213 Å². The molecule has 0 fully saturated rings. The van der Waals surface area contributed by atoms with E-state index in [0.717, 1.165) is 16.5 Å². The Balaban J connectivity index is 2.20. The first-order valence-corrected chi connectivity index (χ1v) is 11.9. The molecule has 10 N–H and O–H groups in total. The molecule has 202 valence electrons. The van der Waals surface area contributed by atoms with Crippen molar-refractivity contribution in [1.29, 1.82) is 0 Å². The molecule has 0 aliphatic carbocycles. The maximum atomic E-state index is 13.2. The van der Waals surface area contributed by atoms with Crippen molar-refractivity contribution in [3.05, 3.63) is 36.0 Å². The predicted molar refractivity (Wildman–Crippen MR) is 134 cm³/mol. The van der Waals surface area contributed by atoms with Crippen LogP contribution in [0.2, 0.25) is 0 Å². The molecule has 2 rings (SSSR count). The number of amides is 3. The first-order chi connectivity index (χ1) is 17.6. The molecule has 37 heavy (non-hydrogen) atoms. The minimum Gasteiger partial charge on any atom is -0.481 e. The number of para-hydroxylation sites is 1. The third-order valence-corrected chi connectivity index (χ3v) is 5.73. The lowest BCUT2D eigenvalue weighted by molar-refractivity contribution is -0.139. The first-order valence-electron chi connectivity index (χ1n) is 11.9. The molecule has 13 nitrogen and oxygen atoms in total. The van der Waals surface area contributed by atoms with Crippen LogP contribution < -0.4 is 27.4 Å². The fourth-order valence-electron chi connectivity index (χ4n) is 3.74. The van der Waals surface area contributed by atoms with E-state index in [1.165, 1.54) is 0 Å². The number of hydrogen-bond acceptors (Lipinski definition) is 7. The number of aromatic nitrogens is 1. The summed E-state index contributed by atoms with van der Waals surface area (Å²) in [6, 6.07) is 4.04. The van der Waals surface area contributed by atoms with E-state index in [1.54, 1.807) is 6.20 Å². The monoisotopic (exact) mass is 518 g/mol. The summed E-state index contributed by atoms with van der Waals surface area (Å²) < 4.78 is 0. The van der Waals surface area contributed by atoms with Crippen LogP contribution in [0.1, 0.15) is 37.7 Å². The summed E-state index contributed by atoms with van der Waals surface area (Å²) in [4.78, 5) is 63.4. The van der Waals surface area contributed by atoms with Gasteiger partial charge < -0.3 is 42.6 Å². The van der Waals surface area contributed by atoms with E-state index in [0.29, 0.717) is 19.4 Å². The van der Waals surface area contributed by atoms with Crippen LogP contribution in [-0.2, 0) is 30.4 Å². The van der Waals surface area contributed by atoms with Crippen LogP contribution in [0.4, 0.5) is 0 Å². The average molecular weight is 519 g/mol. The van der Waals surface area contributed by atoms with Gasteiger partial charge in [-0.25, -0.2) is 0 Å². The van der Waals surface area contributed by atoms with Crippen molar-refractivity contribution < 1.29 is 34.2 Å². The third kappa shape index (κ3) is 9.54. The van der Waals surface area contributed by atoms with Crippen molar-refractivity contribution in [3.63, 3.8) is 0 Å². The van der Waals surface area contributed by atoms with Gasteiger partial charge in [0.15, 0.2) is 0 Å². The summed E-state index contributed by atoms with van der Waals surface area (Å²) in [5.41, 5.74) is 12.9. The topological polar surface area (TPSA) is 230 Å². The number of aliphatic carboxylic acids is 2. The van der Waals surface area contributed by atoms with E-state index < -0.39 is 54.3 Å². The quantitative estimate of drug-likeness (QED) is 0.130. The summed E-state index contributed by atoms with van der Waals surface area (Å²) >= 11 is 0. The van der Waals surface area contributed by atoms with Crippen LogP contribution in [0.3, 0.4) is 0 Å². The van der Waals surface area contributed by atoms with E-state index in [1.807, 2.05) is 24.3 Å². The largest absolute Gasteiger partial charge is 0.481 e. The Kier molecular flexibility index (Phi) is 11.5. The molecule has 0 aliphatic heterocycles. The van der Waals surface area contributed by atoms with E-state index in [9.17, 15) is 24.0 Å². The fourth-order valence-corrected chi connectivity index (χ4v) is 3.74. The van der Waals surface area contributed by atoms with Crippen LogP contribution in [0, 0.1) is 0 Å². The predicted octanol–water partition coefficient (Wildman–Crippen LogP) is -0.798. The number of aromatic amines is 1. The Morgan fingerprint density at radius 3 is 2.27 bits per heavy atom. The second-order valence-corrected chi connectivity index (χ2v) is 8.62. The average Bonchev–Trinajstić information content (AvgIpc) is 3.27. The van der Waals surface area contributed by atoms with Crippen molar-refractivity contribution >= 4 is 40.6 Å². The van der Waals surface area contributed by atoms with Crippen molar-refractivity contribution in [1.82, 2.24) is 20.9 Å². The molecule has 2 aromatic rings. The molecule has 0 saturated carbocycles. The van der Waals surface area contributed by atoms with Crippen molar-refractivity contribution in [2.45, 2.75) is 56.7 Å². The lowest BCUT2D eigenvalue weighted by Gasteiger charge is -2.24. The summed E-state index contributed by atoms with van der Waals surface area (Å²) in [6.07, 6.45) is 2.63. The maximum absolute atomic E-state index is 13.2. The van der Waals surface area contributed by atoms with Gasteiger partial charge in [-0.1, -0.05) is 18.2 Å². The zero-order valence-corrected chi connectivity index (χ0v) is 20.4. The number of fused-ring (bicyclic) bond motifs is 1. The molecular weight excluding hydrogens is 484 g/mol. The molecular formula is C24H34N6O7. The van der Waals surface area contributed by atoms with Gasteiger partial charge in [-0.05, 0) is 43.9 Å². The molecule has 13 heteroatoms. The lowest BCUT2D eigenvalue weighted by Crippen LogP contribution is -2.56. The second-order valence-electron chi connectivity index (χ2n) is 8.62. The van der Waals surface area contributed by atoms with Crippen molar-refractivity contribution in [3.8, 4) is 0 Å². The summed E-state index contributed by atoms with van der Waals surface area (Å²) in [5.74, 6) is -4.41. The van der Waals surface area contributed by atoms with Gasteiger partial charge in [0.05, 0.1) is 6.04 Å². The van der Waals surface area contributed by atoms with E-state index >= 15 is 0 Å². The Hall–Kier alpha value is -3.97. The number of rotatable bonds is 16. The maximum Gasteiger partial charge on any atom is 0.322 e. The minimum atomic E-state index is -1.24. The second kappa shape index (κ2) is 14.6. The number of nitrogens with two attached hydrogens (primary N) is 2. The molecule has 0 spiro atoms. The van der Waals surface area contributed by atoms with Gasteiger partial charge in [-0.15, -0.1) is 0 Å². The number of carboxylic acids is 2. The number of carbonyl (C=O) groups is 5. The molecule has 3 amide bonds. The Bertz CT molecular complexity index is 1100. The number of H-pyrrole nitrogens is 1. The molecule has 3 atom stereocenters. The summed E-state index contributed by atoms with van der Waals surface area (Å²) in [6.45, 7) is -0.255. The van der Waals surface area contributed by atoms with E-state index in [-0.39, 0.29) is 25.7 Å². The molecule has 1 aromatic heterocycles. The SMILES string of the molecule is NCCCCC(NC(=O)C(N)CCC(=O)O)C(=O)NC(Cc1c[nH]c2ccccc12)C(=O)NCC(=O)O. The normalized spacial score (nSPS) is 13.4. The van der Waals surface area contributed by atoms with Crippen molar-refractivity contribution in [2.24, 2.45) is 11.5 Å². The molecule has 0 saturated heterocycles. The molecule has 0 bridgehead atoms. The van der Waals surface area contributed by atoms with Crippen molar-refractivity contribution in [2.75, 3.05) is 13.1 Å². The zero-order chi connectivity index (χ0) is 27.4. The van der Waals surface area contributed by atoms with Gasteiger partial charge in [-0.3, -0.25) is 24.0 Å². The molecule has 0 radical (unpaired) electrons. The van der Waals surface area contributed by atoms with E-state index in [4.69, 9.17) is 21.7 Å². The molecule has 0 aliphatic rings. The van der Waals surface area contributed by atoms with Gasteiger partial charge in [0.2, 0.25) is 17.7 Å². The van der Waals surface area contributed by atoms with Crippen LogP contribution in [-0.4, -0.2) is 76.1 Å². The highest BCUT2D eigenvalue weighted by Gasteiger charge is 2.29. The summed E-state index contributed by atoms with van der Waals surface area (Å²) in [7, 11) is 0. The van der Waals surface area contributed by atoms with Crippen LogP contribution in [0.15, 0.2) is 30.5 Å². The van der Waals surface area contributed by atoms with Crippen LogP contribution in [0.25, 0.3) is 10.9 Å². The minimum absolute atomic E-state index is 0.0583. The summed E-state index contributed by atoms with van der Waals surface area (Å²) in [5, 5.41) is 26.1. The smallest absolute Gasteiger partial charge is 0.322 e. The molecule has 1 heterocycles. The molecule has 3 unspecified atom stereocenters. The van der Waals surface area contributed by atoms with Gasteiger partial charge in [0.25, 0.3) is 0 Å². The number of carbonyl (C=O) groups excluding carboxylic acids is 3. The van der Waals surface area contributed by atoms with Crippen LogP contribution in [0.5, 0.6) is 0 Å². The number of nitrogens with one attached hydrogen (secondary N) is 4. The van der Waals surface area contributed by atoms with Gasteiger partial charge in [0.1, 0.15) is 18.6 Å². The van der Waals surface area contributed by atoms with E-state index in [2.05, 4.69) is 20.9 Å². The number of hydrogen-bond donors (Lipinski definition) is 8. The number of benzene rings is 1. The zero-order valence-electron chi connectivity index (χ0n) is 20.4. The third-order valence-electron chi connectivity index (χ3n) is 5.73. The Morgan fingerprint density at radius 2 is 1.59 bits per heavy atom. The highest BCUT2D eigenvalue weighted by atomic mass is 16.4. The van der Waals surface area contributed by atoms with Crippen LogP contribution >= 0.6 is 0 Å². The van der Waals surface area contributed by atoms with Gasteiger partial charge >= 0.3 is 11.9 Å². The molecule has 1 aromatic carbocycles. The highest BCUT2D eigenvalue weighted by molar-refractivity contribution is 5.94. The first kappa shape index (κ1) is 29.3. The standard InChI is InChI=1S/C24H34N6O7/c25-10-4-3-7-18(29-22(35)16(26)8-9-20(31)32)24(37)30-19(23(36)28-13-21(33)34)11-14-12-27-17-6-2-1-5-15(14)17/h1-2,5-6,12,16,18-19,27H,3-4,7-11,13,25-26H2,(H,28,36)(H,29,35)(H,30,37)(H,31,32)(H,33,34). The number of unbranched alkanes of at least 4 members (excludes halogenated alkanes) is 1. The Morgan fingerprint density at radius 1 is 0.892 bits per heavy atom. The lowest BCUT2D eigenvalue weighted by atomic mass is 10.0. The van der Waals surface area contributed by atoms with Gasteiger partial charge in [-0.2, -0.15) is 0 Å². The fraction of sp³-hybridized carbons (Fsp3) is 0.458.